The monoisotopic (exact) mass is 215 g/mol. The summed E-state index contributed by atoms with van der Waals surface area (Å²) in [4.78, 5) is 22.0. The van der Waals surface area contributed by atoms with Crippen molar-refractivity contribution in [3.63, 3.8) is 0 Å². The van der Waals surface area contributed by atoms with Crippen molar-refractivity contribution in [3.8, 4) is 11.8 Å². The van der Waals surface area contributed by atoms with Gasteiger partial charge in [0.15, 0.2) is 5.65 Å². The zero-order chi connectivity index (χ0) is 11.4. The van der Waals surface area contributed by atoms with Crippen LogP contribution in [0.15, 0.2) is 18.6 Å². The van der Waals surface area contributed by atoms with Crippen molar-refractivity contribution in [2.24, 2.45) is 0 Å². The lowest BCUT2D eigenvalue weighted by Gasteiger charge is -1.92. The fourth-order valence-corrected chi connectivity index (χ4v) is 1.19. The van der Waals surface area contributed by atoms with Gasteiger partial charge in [-0.3, -0.25) is 0 Å². The highest BCUT2D eigenvalue weighted by atomic mass is 16.5. The molecule has 0 amide bonds. The van der Waals surface area contributed by atoms with E-state index in [9.17, 15) is 4.79 Å². The molecule has 0 saturated heterocycles. The molecule has 2 heterocycles. The van der Waals surface area contributed by atoms with E-state index in [-0.39, 0.29) is 0 Å². The molecule has 0 spiro atoms. The summed E-state index contributed by atoms with van der Waals surface area (Å²) in [5, 5.41) is 0. The van der Waals surface area contributed by atoms with Crippen molar-refractivity contribution in [1.82, 2.24) is 15.0 Å². The Hall–Kier alpha value is -2.35. The smallest absolute Gasteiger partial charge is 0.384 e. The van der Waals surface area contributed by atoms with Crippen LogP contribution in [-0.4, -0.2) is 27.5 Å². The molecule has 0 aliphatic rings. The number of rotatable bonds is 1. The van der Waals surface area contributed by atoms with Crippen LogP contribution in [0.1, 0.15) is 12.5 Å². The molecular weight excluding hydrogens is 206 g/mol. The molecule has 2 rings (SSSR count). The molecule has 2 aromatic heterocycles. The van der Waals surface area contributed by atoms with Crippen LogP contribution in [0, 0.1) is 11.8 Å². The number of imidazole rings is 1. The lowest BCUT2D eigenvalue weighted by molar-refractivity contribution is -0.136. The van der Waals surface area contributed by atoms with Gasteiger partial charge >= 0.3 is 5.97 Å². The van der Waals surface area contributed by atoms with Crippen molar-refractivity contribution in [1.29, 1.82) is 0 Å². The Morgan fingerprint density at radius 3 is 3.25 bits per heavy atom. The van der Waals surface area contributed by atoms with E-state index in [0.29, 0.717) is 17.8 Å². The summed E-state index contributed by atoms with van der Waals surface area (Å²) >= 11 is 0. The summed E-state index contributed by atoms with van der Waals surface area (Å²) in [6, 6.07) is 1.78. The van der Waals surface area contributed by atoms with Crippen LogP contribution in [0.25, 0.3) is 11.2 Å². The van der Waals surface area contributed by atoms with Gasteiger partial charge < -0.3 is 9.72 Å². The molecular formula is C11H9N3O2. The van der Waals surface area contributed by atoms with Crippen molar-refractivity contribution >= 4 is 17.1 Å². The van der Waals surface area contributed by atoms with Crippen molar-refractivity contribution in [2.45, 2.75) is 6.92 Å². The highest BCUT2D eigenvalue weighted by Gasteiger charge is 1.98. The molecule has 0 fully saturated rings. The molecule has 16 heavy (non-hydrogen) atoms. The van der Waals surface area contributed by atoms with Gasteiger partial charge in [-0.15, -0.1) is 0 Å². The normalized spacial score (nSPS) is 9.56. The fourth-order valence-electron chi connectivity index (χ4n) is 1.19. The van der Waals surface area contributed by atoms with Crippen LogP contribution < -0.4 is 0 Å². The van der Waals surface area contributed by atoms with Gasteiger partial charge in [0.2, 0.25) is 0 Å². The van der Waals surface area contributed by atoms with E-state index in [2.05, 4.69) is 31.5 Å². The van der Waals surface area contributed by atoms with Gasteiger partial charge in [0.1, 0.15) is 0 Å². The molecule has 0 bridgehead atoms. The third-order valence-corrected chi connectivity index (χ3v) is 1.86. The number of carbonyl (C=O) groups is 1. The van der Waals surface area contributed by atoms with Crippen LogP contribution in [-0.2, 0) is 9.53 Å². The Morgan fingerprint density at radius 1 is 1.56 bits per heavy atom. The second-order valence-electron chi connectivity index (χ2n) is 2.97. The van der Waals surface area contributed by atoms with Gasteiger partial charge in [0.25, 0.3) is 0 Å². The molecule has 80 valence electrons. The number of pyridine rings is 1. The number of nitrogens with one attached hydrogen (secondary N) is 1. The molecule has 5 heteroatoms. The number of esters is 1. The number of fused-ring (bicyclic) bond motifs is 1. The average molecular weight is 215 g/mol. The SMILES string of the molecule is CCOC(=O)C#Cc1cnc2nc[nH]c2c1. The molecule has 2 aromatic rings. The lowest BCUT2D eigenvalue weighted by Crippen LogP contribution is -1.99. The Labute approximate surface area is 91.9 Å². The van der Waals surface area contributed by atoms with Gasteiger partial charge in [-0.2, -0.15) is 0 Å². The Balaban J connectivity index is 2.23. The molecule has 0 aromatic carbocycles. The number of carbonyl (C=O) groups excluding carboxylic acids is 1. The summed E-state index contributed by atoms with van der Waals surface area (Å²) in [6.45, 7) is 2.06. The third-order valence-electron chi connectivity index (χ3n) is 1.86. The number of nitrogens with zero attached hydrogens (tertiary/aromatic N) is 2. The average Bonchev–Trinajstić information content (AvgIpc) is 2.74. The molecule has 0 aliphatic heterocycles. The van der Waals surface area contributed by atoms with Crippen LogP contribution in [0.2, 0.25) is 0 Å². The molecule has 0 atom stereocenters. The van der Waals surface area contributed by atoms with Crippen LogP contribution in [0.4, 0.5) is 0 Å². The van der Waals surface area contributed by atoms with E-state index in [0.717, 1.165) is 5.52 Å². The predicted octanol–water partition coefficient (Wildman–Crippen LogP) is 0.873. The van der Waals surface area contributed by atoms with Crippen molar-refractivity contribution in [2.75, 3.05) is 6.61 Å². The van der Waals surface area contributed by atoms with E-state index in [1.807, 2.05) is 0 Å². The van der Waals surface area contributed by atoms with Crippen LogP contribution >= 0.6 is 0 Å². The second-order valence-corrected chi connectivity index (χ2v) is 2.97. The van der Waals surface area contributed by atoms with Gasteiger partial charge in [-0.25, -0.2) is 14.8 Å². The standard InChI is InChI=1S/C11H9N3O2/c1-2-16-10(15)4-3-8-5-9-11(12-6-8)14-7-13-9/h5-7H,2H2,1H3,(H,12,13,14). The van der Waals surface area contributed by atoms with Crippen molar-refractivity contribution < 1.29 is 9.53 Å². The van der Waals surface area contributed by atoms with Crippen LogP contribution in [0.5, 0.6) is 0 Å². The van der Waals surface area contributed by atoms with E-state index in [4.69, 9.17) is 0 Å². The van der Waals surface area contributed by atoms with E-state index in [1.54, 1.807) is 25.5 Å². The van der Waals surface area contributed by atoms with E-state index >= 15 is 0 Å². The summed E-state index contributed by atoms with van der Waals surface area (Å²) in [5.41, 5.74) is 2.06. The minimum atomic E-state index is -0.535. The number of ether oxygens (including phenoxy) is 1. The molecule has 1 N–H and O–H groups in total. The topological polar surface area (TPSA) is 67.9 Å². The molecule has 0 aliphatic carbocycles. The zero-order valence-electron chi connectivity index (χ0n) is 8.65. The third kappa shape index (κ3) is 2.17. The first-order valence-electron chi connectivity index (χ1n) is 4.77. The van der Waals surface area contributed by atoms with Gasteiger partial charge in [-0.1, -0.05) is 5.92 Å². The van der Waals surface area contributed by atoms with Gasteiger partial charge in [-0.05, 0) is 13.0 Å². The van der Waals surface area contributed by atoms with Gasteiger partial charge in [0.05, 0.1) is 18.5 Å². The maximum atomic E-state index is 11.0. The minimum absolute atomic E-state index is 0.325. The number of H-pyrrole nitrogens is 1. The number of aromatic amines is 1. The predicted molar refractivity (Wildman–Crippen MR) is 57.4 cm³/mol. The first-order valence-corrected chi connectivity index (χ1v) is 4.77. The molecule has 0 unspecified atom stereocenters. The highest BCUT2D eigenvalue weighted by molar-refractivity contribution is 5.89. The highest BCUT2D eigenvalue weighted by Crippen LogP contribution is 2.06. The first-order chi connectivity index (χ1) is 7.79. The molecule has 5 nitrogen and oxygen atoms in total. The Morgan fingerprint density at radius 2 is 2.44 bits per heavy atom. The van der Waals surface area contributed by atoms with Crippen molar-refractivity contribution in [3.05, 3.63) is 24.2 Å². The number of hydrogen-bond donors (Lipinski definition) is 1. The maximum absolute atomic E-state index is 11.0. The second kappa shape index (κ2) is 4.45. The first kappa shape index (κ1) is 10.2. The summed E-state index contributed by atoms with van der Waals surface area (Å²) < 4.78 is 4.68. The minimum Gasteiger partial charge on any atom is -0.456 e. The van der Waals surface area contributed by atoms with E-state index in [1.165, 1.54) is 0 Å². The summed E-state index contributed by atoms with van der Waals surface area (Å²) in [7, 11) is 0. The fraction of sp³-hybridized carbons (Fsp3) is 0.182. The van der Waals surface area contributed by atoms with Gasteiger partial charge in [0, 0.05) is 17.7 Å². The quantitative estimate of drug-likeness (QED) is 0.566. The molecule has 0 radical (unpaired) electrons. The summed E-state index contributed by atoms with van der Waals surface area (Å²) in [6.07, 6.45) is 3.12. The number of hydrogen-bond acceptors (Lipinski definition) is 4. The summed E-state index contributed by atoms with van der Waals surface area (Å²) in [5.74, 6) is 4.51. The van der Waals surface area contributed by atoms with E-state index < -0.39 is 5.97 Å². The zero-order valence-corrected chi connectivity index (χ0v) is 8.65. The maximum Gasteiger partial charge on any atom is 0.384 e. The number of aromatic nitrogens is 3. The lowest BCUT2D eigenvalue weighted by atomic mass is 10.3. The van der Waals surface area contributed by atoms with Crippen LogP contribution in [0.3, 0.4) is 0 Å². The largest absolute Gasteiger partial charge is 0.456 e. The Bertz CT molecular complexity index is 577. The Kier molecular flexibility index (Phi) is 2.83. The molecule has 0 saturated carbocycles.